The first-order valence-electron chi connectivity index (χ1n) is 4.97. The molecule has 0 radical (unpaired) electrons. The van der Waals surface area contributed by atoms with Crippen molar-refractivity contribution >= 4 is 0 Å². The summed E-state index contributed by atoms with van der Waals surface area (Å²) in [6.45, 7) is 4.10. The lowest BCUT2D eigenvalue weighted by atomic mass is 9.97. The van der Waals surface area contributed by atoms with Crippen molar-refractivity contribution in [3.63, 3.8) is 0 Å². The lowest BCUT2D eigenvalue weighted by molar-refractivity contribution is 0.282. The van der Waals surface area contributed by atoms with Gasteiger partial charge in [-0.15, -0.1) is 0 Å². The van der Waals surface area contributed by atoms with Gasteiger partial charge in [0.05, 0.1) is 12.9 Å². The highest BCUT2D eigenvalue weighted by Gasteiger charge is 2.10. The monoisotopic (exact) mass is 202 g/mol. The fraction of sp³-hybridized carbons (Fsp3) is 0.231. The van der Waals surface area contributed by atoms with Crippen molar-refractivity contribution in [2.75, 3.05) is 0 Å². The topological polar surface area (TPSA) is 33.4 Å². The molecule has 0 fully saturated rings. The maximum Gasteiger partial charge on any atom is 0.134 e. The molecule has 1 aromatic heterocycles. The van der Waals surface area contributed by atoms with Gasteiger partial charge in [-0.1, -0.05) is 17.7 Å². The van der Waals surface area contributed by atoms with E-state index in [-0.39, 0.29) is 6.61 Å². The van der Waals surface area contributed by atoms with Crippen molar-refractivity contribution in [2.24, 2.45) is 0 Å². The van der Waals surface area contributed by atoms with Crippen molar-refractivity contribution in [3.8, 4) is 11.3 Å². The number of furan rings is 1. The van der Waals surface area contributed by atoms with E-state index in [4.69, 9.17) is 4.42 Å². The van der Waals surface area contributed by atoms with Crippen LogP contribution in [-0.2, 0) is 6.61 Å². The lowest BCUT2D eigenvalue weighted by Gasteiger charge is -2.10. The summed E-state index contributed by atoms with van der Waals surface area (Å²) in [5.41, 5.74) is 4.22. The molecule has 0 saturated carbocycles. The van der Waals surface area contributed by atoms with Crippen LogP contribution in [0.2, 0.25) is 0 Å². The molecule has 1 aromatic carbocycles. The van der Waals surface area contributed by atoms with Crippen LogP contribution < -0.4 is 0 Å². The highest BCUT2D eigenvalue weighted by Crippen LogP contribution is 2.29. The summed E-state index contributed by atoms with van der Waals surface area (Å²) < 4.78 is 5.37. The Balaban J connectivity index is 2.64. The Morgan fingerprint density at radius 2 is 2.07 bits per heavy atom. The van der Waals surface area contributed by atoms with Crippen LogP contribution in [0.1, 0.15) is 16.7 Å². The molecule has 1 N–H and O–H groups in total. The van der Waals surface area contributed by atoms with E-state index in [1.165, 1.54) is 0 Å². The van der Waals surface area contributed by atoms with E-state index in [0.717, 1.165) is 28.0 Å². The first-order valence-corrected chi connectivity index (χ1v) is 4.97. The number of rotatable bonds is 2. The molecule has 0 aliphatic rings. The molecule has 0 atom stereocenters. The molecule has 1 heterocycles. The highest BCUT2D eigenvalue weighted by molar-refractivity contribution is 5.67. The predicted molar refractivity (Wildman–Crippen MR) is 59.5 cm³/mol. The third-order valence-corrected chi connectivity index (χ3v) is 2.50. The fourth-order valence-corrected chi connectivity index (χ4v) is 1.95. The van der Waals surface area contributed by atoms with E-state index < -0.39 is 0 Å². The number of aliphatic hydroxyl groups is 1. The molecule has 0 aliphatic carbocycles. The van der Waals surface area contributed by atoms with Crippen LogP contribution in [0.5, 0.6) is 0 Å². The molecule has 15 heavy (non-hydrogen) atoms. The van der Waals surface area contributed by atoms with E-state index >= 15 is 0 Å². The normalized spacial score (nSPS) is 10.6. The summed E-state index contributed by atoms with van der Waals surface area (Å²) >= 11 is 0. The molecule has 2 nitrogen and oxygen atoms in total. The molecule has 0 aliphatic heterocycles. The van der Waals surface area contributed by atoms with E-state index in [2.05, 4.69) is 6.07 Å². The highest BCUT2D eigenvalue weighted by atomic mass is 16.3. The van der Waals surface area contributed by atoms with Crippen molar-refractivity contribution in [1.29, 1.82) is 0 Å². The summed E-state index contributed by atoms with van der Waals surface area (Å²) in [5.74, 6) is 0.816. The smallest absolute Gasteiger partial charge is 0.134 e. The van der Waals surface area contributed by atoms with Crippen LogP contribution in [0.3, 0.4) is 0 Å². The Morgan fingerprint density at radius 1 is 1.27 bits per heavy atom. The first kappa shape index (κ1) is 9.99. The molecule has 2 aromatic rings. The minimum absolute atomic E-state index is 0.0402. The van der Waals surface area contributed by atoms with Gasteiger partial charge < -0.3 is 9.52 Å². The molecule has 0 bridgehead atoms. The van der Waals surface area contributed by atoms with E-state index in [1.807, 2.05) is 32.0 Å². The minimum atomic E-state index is 0.0402. The summed E-state index contributed by atoms with van der Waals surface area (Å²) in [5, 5.41) is 9.32. The van der Waals surface area contributed by atoms with Gasteiger partial charge in [-0.3, -0.25) is 0 Å². The Morgan fingerprint density at radius 3 is 2.67 bits per heavy atom. The van der Waals surface area contributed by atoms with Crippen LogP contribution >= 0.6 is 0 Å². The lowest BCUT2D eigenvalue weighted by Crippen LogP contribution is -1.93. The van der Waals surface area contributed by atoms with Gasteiger partial charge >= 0.3 is 0 Å². The van der Waals surface area contributed by atoms with Gasteiger partial charge in [0.15, 0.2) is 0 Å². The predicted octanol–water partition coefficient (Wildman–Crippen LogP) is 3.06. The van der Waals surface area contributed by atoms with Gasteiger partial charge in [-0.2, -0.15) is 0 Å². The third-order valence-electron chi connectivity index (χ3n) is 2.50. The maximum atomic E-state index is 9.32. The molecule has 0 amide bonds. The Kier molecular flexibility index (Phi) is 2.60. The fourth-order valence-electron chi connectivity index (χ4n) is 1.95. The maximum absolute atomic E-state index is 9.32. The molecular formula is C13H14O2. The summed E-state index contributed by atoms with van der Waals surface area (Å²) in [6, 6.07) is 7.86. The average Bonchev–Trinajstić information content (AvgIpc) is 2.69. The third kappa shape index (κ3) is 1.81. The van der Waals surface area contributed by atoms with Gasteiger partial charge in [0.2, 0.25) is 0 Å². The van der Waals surface area contributed by atoms with Gasteiger partial charge in [0.1, 0.15) is 5.76 Å². The van der Waals surface area contributed by atoms with E-state index in [1.54, 1.807) is 6.26 Å². The summed E-state index contributed by atoms with van der Waals surface area (Å²) in [4.78, 5) is 0. The van der Waals surface area contributed by atoms with Gasteiger partial charge in [0.25, 0.3) is 0 Å². The Labute approximate surface area is 89.2 Å². The van der Waals surface area contributed by atoms with Crippen LogP contribution in [0.25, 0.3) is 11.3 Å². The number of aliphatic hydroxyl groups excluding tert-OH is 1. The summed E-state index contributed by atoms with van der Waals surface area (Å²) in [7, 11) is 0. The van der Waals surface area contributed by atoms with Crippen LogP contribution in [0, 0.1) is 13.8 Å². The van der Waals surface area contributed by atoms with Crippen LogP contribution in [0.15, 0.2) is 34.9 Å². The minimum Gasteiger partial charge on any atom is -0.464 e. The van der Waals surface area contributed by atoms with Gasteiger partial charge in [0, 0.05) is 5.56 Å². The molecular weight excluding hydrogens is 188 g/mol. The SMILES string of the molecule is Cc1cc(C)c(-c2ccco2)c(CO)c1. The van der Waals surface area contributed by atoms with Crippen molar-refractivity contribution in [1.82, 2.24) is 0 Å². The largest absolute Gasteiger partial charge is 0.464 e. The van der Waals surface area contributed by atoms with Crippen molar-refractivity contribution in [3.05, 3.63) is 47.2 Å². The summed E-state index contributed by atoms with van der Waals surface area (Å²) in [6.07, 6.45) is 1.65. The van der Waals surface area contributed by atoms with Gasteiger partial charge in [-0.05, 0) is 37.1 Å². The number of hydrogen-bond acceptors (Lipinski definition) is 2. The molecule has 0 saturated heterocycles. The number of benzene rings is 1. The quantitative estimate of drug-likeness (QED) is 0.811. The zero-order chi connectivity index (χ0) is 10.8. The average molecular weight is 202 g/mol. The van der Waals surface area contributed by atoms with Crippen molar-refractivity contribution in [2.45, 2.75) is 20.5 Å². The van der Waals surface area contributed by atoms with Crippen LogP contribution in [0.4, 0.5) is 0 Å². The Hall–Kier alpha value is -1.54. The molecule has 78 valence electrons. The van der Waals surface area contributed by atoms with Crippen LogP contribution in [-0.4, -0.2) is 5.11 Å². The molecule has 2 heteroatoms. The van der Waals surface area contributed by atoms with E-state index in [0.29, 0.717) is 0 Å². The number of hydrogen-bond donors (Lipinski definition) is 1. The zero-order valence-corrected chi connectivity index (χ0v) is 8.95. The van der Waals surface area contributed by atoms with E-state index in [9.17, 15) is 5.11 Å². The first-order chi connectivity index (χ1) is 7.22. The number of aryl methyl sites for hydroxylation is 2. The molecule has 0 unspecified atom stereocenters. The van der Waals surface area contributed by atoms with Gasteiger partial charge in [-0.25, -0.2) is 0 Å². The molecule has 0 spiro atoms. The zero-order valence-electron chi connectivity index (χ0n) is 8.95. The Bertz CT molecular complexity index is 456. The second kappa shape index (κ2) is 3.91. The second-order valence-corrected chi connectivity index (χ2v) is 3.75. The standard InChI is InChI=1S/C13H14O2/c1-9-6-10(2)13(11(7-9)8-14)12-4-3-5-15-12/h3-7,14H,8H2,1-2H3. The second-order valence-electron chi connectivity index (χ2n) is 3.75. The van der Waals surface area contributed by atoms with Crippen molar-refractivity contribution < 1.29 is 9.52 Å². The molecule has 2 rings (SSSR count).